The third-order valence-corrected chi connectivity index (χ3v) is 6.46. The topological polar surface area (TPSA) is 55.4 Å². The van der Waals surface area contributed by atoms with Crippen LogP contribution >= 0.6 is 0 Å². The number of rotatable bonds is 4. The summed E-state index contributed by atoms with van der Waals surface area (Å²) in [7, 11) is -3.79. The van der Waals surface area contributed by atoms with E-state index < -0.39 is 34.0 Å². The lowest BCUT2D eigenvalue weighted by atomic mass is 9.73. The zero-order chi connectivity index (χ0) is 21.7. The van der Waals surface area contributed by atoms with E-state index in [1.165, 1.54) is 18.2 Å². The van der Waals surface area contributed by atoms with Gasteiger partial charge in [-0.25, -0.2) is 4.39 Å². The van der Waals surface area contributed by atoms with E-state index in [9.17, 15) is 26.0 Å². The van der Waals surface area contributed by atoms with Crippen LogP contribution in [0.2, 0.25) is 0 Å². The van der Waals surface area contributed by atoms with Gasteiger partial charge in [-0.2, -0.15) is 21.6 Å². The predicted octanol–water partition coefficient (Wildman–Crippen LogP) is 4.01. The Morgan fingerprint density at radius 3 is 2.47 bits per heavy atom. The third kappa shape index (κ3) is 4.38. The number of benzene rings is 2. The average molecular weight is 443 g/mol. The number of halogens is 4. The largest absolute Gasteiger partial charge is 0.416 e. The molecule has 1 aliphatic heterocycles. The zero-order valence-electron chi connectivity index (χ0n) is 16.1. The molecule has 1 saturated heterocycles. The molecule has 9 heteroatoms. The Labute approximate surface area is 172 Å². The summed E-state index contributed by atoms with van der Waals surface area (Å²) in [6.45, 7) is 0. The molecular formula is C21H21F4NO3S. The van der Waals surface area contributed by atoms with Crippen LogP contribution in [0.3, 0.4) is 0 Å². The summed E-state index contributed by atoms with van der Waals surface area (Å²) in [6.07, 6.45) is -2.76. The van der Waals surface area contributed by atoms with Gasteiger partial charge in [-0.05, 0) is 66.1 Å². The van der Waals surface area contributed by atoms with Crippen molar-refractivity contribution in [2.45, 2.75) is 43.6 Å². The second-order valence-corrected chi connectivity index (χ2v) is 9.57. The smallest absolute Gasteiger partial charge is 0.287 e. The van der Waals surface area contributed by atoms with E-state index in [-0.39, 0.29) is 17.8 Å². The highest BCUT2D eigenvalue weighted by atomic mass is 32.2. The Bertz CT molecular complexity index is 1040. The number of hydrogen-bond donors (Lipinski definition) is 1. The first-order chi connectivity index (χ1) is 14.0. The van der Waals surface area contributed by atoms with Crippen LogP contribution in [0.15, 0.2) is 42.5 Å². The molecule has 4 unspecified atom stereocenters. The highest BCUT2D eigenvalue weighted by Gasteiger charge is 2.48. The molecule has 0 spiro atoms. The maximum Gasteiger partial charge on any atom is 0.416 e. The van der Waals surface area contributed by atoms with E-state index in [1.54, 1.807) is 12.1 Å². The van der Waals surface area contributed by atoms with Crippen LogP contribution in [0.4, 0.5) is 17.6 Å². The van der Waals surface area contributed by atoms with Gasteiger partial charge in [-0.1, -0.05) is 18.2 Å². The predicted molar refractivity (Wildman–Crippen MR) is 103 cm³/mol. The fraction of sp³-hybridized carbons (Fsp3) is 0.429. The molecule has 4 nitrogen and oxygen atoms in total. The van der Waals surface area contributed by atoms with Gasteiger partial charge in [0.25, 0.3) is 10.1 Å². The van der Waals surface area contributed by atoms with Gasteiger partial charge in [0.1, 0.15) is 12.0 Å². The van der Waals surface area contributed by atoms with Crippen molar-refractivity contribution in [3.05, 3.63) is 70.5 Å². The van der Waals surface area contributed by atoms with Gasteiger partial charge >= 0.3 is 6.18 Å². The first-order valence-electron chi connectivity index (χ1n) is 9.60. The third-order valence-electron chi connectivity index (χ3n) is 5.91. The first kappa shape index (κ1) is 21.3. The van der Waals surface area contributed by atoms with Gasteiger partial charge in [0.2, 0.25) is 0 Å². The molecule has 2 aromatic carbocycles. The highest BCUT2D eigenvalue weighted by Crippen LogP contribution is 2.47. The number of hydrogen-bond acceptors (Lipinski definition) is 4. The molecule has 2 aliphatic rings. The van der Waals surface area contributed by atoms with Gasteiger partial charge in [-0.15, -0.1) is 0 Å². The molecule has 4 atom stereocenters. The average Bonchev–Trinajstić information content (AvgIpc) is 2.98. The van der Waals surface area contributed by atoms with E-state index in [0.29, 0.717) is 30.4 Å². The first-order valence-corrected chi connectivity index (χ1v) is 11.4. The summed E-state index contributed by atoms with van der Waals surface area (Å²) in [5.74, 6) is -0.761. The molecule has 0 aromatic heterocycles. The normalized spacial score (nSPS) is 26.3. The minimum absolute atomic E-state index is 0.0222. The Morgan fingerprint density at radius 2 is 1.83 bits per heavy atom. The molecule has 0 radical (unpaired) electrons. The molecule has 1 heterocycles. The standard InChI is InChI=1S/C21H21F4NO3S/c1-30(27,28)29-20-19-16-9-5-14(21(23,24)25)11-13(16)4-8-17(19)18(26-20)10-12-2-6-15(22)7-3-12/h2-3,5-7,9,11,17-20,26H,4,8,10H2,1H3. The minimum atomic E-state index is -4.44. The zero-order valence-corrected chi connectivity index (χ0v) is 16.9. The summed E-state index contributed by atoms with van der Waals surface area (Å²) < 4.78 is 81.5. The van der Waals surface area contributed by atoms with E-state index in [4.69, 9.17) is 4.18 Å². The maximum atomic E-state index is 13.2. The van der Waals surface area contributed by atoms with Crippen molar-refractivity contribution in [3.63, 3.8) is 0 Å². The lowest BCUT2D eigenvalue weighted by Crippen LogP contribution is -2.36. The van der Waals surface area contributed by atoms with E-state index in [0.717, 1.165) is 24.0 Å². The molecule has 0 amide bonds. The van der Waals surface area contributed by atoms with Crippen molar-refractivity contribution in [1.29, 1.82) is 0 Å². The van der Waals surface area contributed by atoms with Crippen molar-refractivity contribution in [2.75, 3.05) is 6.26 Å². The van der Waals surface area contributed by atoms with Crippen LogP contribution in [-0.4, -0.2) is 26.9 Å². The molecule has 0 bridgehead atoms. The second kappa shape index (κ2) is 7.62. The molecule has 4 rings (SSSR count). The van der Waals surface area contributed by atoms with E-state index in [1.807, 2.05) is 0 Å². The maximum absolute atomic E-state index is 13.2. The van der Waals surface area contributed by atoms with Crippen molar-refractivity contribution < 1.29 is 30.2 Å². The second-order valence-electron chi connectivity index (χ2n) is 7.96. The van der Waals surface area contributed by atoms with Crippen LogP contribution in [0.25, 0.3) is 0 Å². The van der Waals surface area contributed by atoms with Crippen LogP contribution in [0, 0.1) is 11.7 Å². The van der Waals surface area contributed by atoms with E-state index >= 15 is 0 Å². The molecular weight excluding hydrogens is 422 g/mol. The van der Waals surface area contributed by atoms with Gasteiger partial charge in [0, 0.05) is 12.0 Å². The lowest BCUT2D eigenvalue weighted by molar-refractivity contribution is -0.137. The van der Waals surface area contributed by atoms with Crippen molar-refractivity contribution in [2.24, 2.45) is 5.92 Å². The monoisotopic (exact) mass is 443 g/mol. The summed E-state index contributed by atoms with van der Waals surface area (Å²) in [6, 6.07) is 9.54. The van der Waals surface area contributed by atoms with Gasteiger partial charge < -0.3 is 0 Å². The number of nitrogens with one attached hydrogen (secondary N) is 1. The van der Waals surface area contributed by atoms with Gasteiger partial charge in [0.05, 0.1) is 11.8 Å². The van der Waals surface area contributed by atoms with Crippen LogP contribution in [0.5, 0.6) is 0 Å². The fourth-order valence-electron chi connectivity index (χ4n) is 4.69. The minimum Gasteiger partial charge on any atom is -0.287 e. The van der Waals surface area contributed by atoms with Crippen molar-refractivity contribution in [1.82, 2.24) is 5.32 Å². The summed E-state index contributed by atoms with van der Waals surface area (Å²) in [5, 5.41) is 3.22. The highest BCUT2D eigenvalue weighted by molar-refractivity contribution is 7.86. The molecule has 1 aliphatic carbocycles. The van der Waals surface area contributed by atoms with Gasteiger partial charge in [-0.3, -0.25) is 9.50 Å². The number of fused-ring (bicyclic) bond motifs is 3. The summed E-state index contributed by atoms with van der Waals surface area (Å²) in [4.78, 5) is 0. The fourth-order valence-corrected chi connectivity index (χ4v) is 5.25. The molecule has 162 valence electrons. The van der Waals surface area contributed by atoms with Gasteiger partial charge in [0.15, 0.2) is 0 Å². The Hall–Kier alpha value is -1.97. The van der Waals surface area contributed by atoms with Crippen LogP contribution in [0.1, 0.15) is 34.6 Å². The van der Waals surface area contributed by atoms with Crippen LogP contribution in [-0.2, 0) is 33.3 Å². The Kier molecular flexibility index (Phi) is 5.40. The lowest BCUT2D eigenvalue weighted by Gasteiger charge is -2.32. The Balaban J connectivity index is 1.67. The molecule has 0 saturated carbocycles. The van der Waals surface area contributed by atoms with Crippen molar-refractivity contribution in [3.8, 4) is 0 Å². The molecule has 1 fully saturated rings. The van der Waals surface area contributed by atoms with Crippen molar-refractivity contribution >= 4 is 10.1 Å². The number of alkyl halides is 3. The summed E-state index contributed by atoms with van der Waals surface area (Å²) in [5.41, 5.74) is 1.42. The molecule has 2 aromatic rings. The van der Waals surface area contributed by atoms with E-state index in [2.05, 4.69) is 5.32 Å². The molecule has 30 heavy (non-hydrogen) atoms. The van der Waals surface area contributed by atoms with Crippen LogP contribution < -0.4 is 5.32 Å². The summed E-state index contributed by atoms with van der Waals surface area (Å²) >= 11 is 0. The Morgan fingerprint density at radius 1 is 1.13 bits per heavy atom. The SMILES string of the molecule is CS(=O)(=O)OC1NC(Cc2ccc(F)cc2)C2CCc3cc(C(F)(F)F)ccc3C12. The molecule has 1 N–H and O–H groups in total. The quantitative estimate of drug-likeness (QED) is 0.573. The number of aryl methyl sites for hydroxylation is 1.